The van der Waals surface area contributed by atoms with Gasteiger partial charge in [-0.1, -0.05) is 24.3 Å². The number of methoxy groups -OCH3 is 1. The molecule has 4 rings (SSSR count). The van der Waals surface area contributed by atoms with E-state index in [2.05, 4.69) is 46.2 Å². The third kappa shape index (κ3) is 3.86. The number of nitrogens with one attached hydrogen (secondary N) is 2. The summed E-state index contributed by atoms with van der Waals surface area (Å²) >= 11 is 0. The molecule has 0 saturated carbocycles. The Hall–Kier alpha value is -2.89. The third-order valence-electron chi connectivity index (χ3n) is 5.19. The topological polar surface area (TPSA) is 61.1 Å². The number of aromatic amines is 2. The van der Waals surface area contributed by atoms with Crippen LogP contribution in [0.25, 0.3) is 33.1 Å². The number of pyridine rings is 1. The van der Waals surface area contributed by atoms with Crippen molar-refractivity contribution < 1.29 is 4.74 Å². The number of nitrogens with zero attached hydrogens (tertiary/aromatic N) is 1. The average Bonchev–Trinajstić information content (AvgIpc) is 3.13. The Morgan fingerprint density at radius 3 is 2.61 bits per heavy atom. The van der Waals surface area contributed by atoms with E-state index in [1.165, 1.54) is 5.56 Å². The van der Waals surface area contributed by atoms with Crippen LogP contribution >= 0.6 is 0 Å². The fourth-order valence-electron chi connectivity index (χ4n) is 3.51. The van der Waals surface area contributed by atoms with Crippen molar-refractivity contribution in [3.63, 3.8) is 0 Å². The number of para-hydroxylation sites is 1. The van der Waals surface area contributed by atoms with E-state index in [-0.39, 0.29) is 5.56 Å². The maximum absolute atomic E-state index is 12.5. The standard InChI is InChI=1S/C23H25N3O2/c1-26(11-12-28-2)10-9-16-7-8-21-18(13-16)15-22(24-21)19-14-17-5-3-4-6-20(17)25-23(19)27/h3-8,13-15,24H,9-12H2,1-2H3,(H,25,27). The number of benzene rings is 2. The van der Waals surface area contributed by atoms with E-state index < -0.39 is 0 Å². The lowest BCUT2D eigenvalue weighted by atomic mass is 10.1. The van der Waals surface area contributed by atoms with Gasteiger partial charge in [0.1, 0.15) is 0 Å². The van der Waals surface area contributed by atoms with Crippen LogP contribution in [-0.4, -0.2) is 48.7 Å². The maximum atomic E-state index is 12.5. The van der Waals surface area contributed by atoms with Crippen LogP contribution in [0.15, 0.2) is 59.4 Å². The van der Waals surface area contributed by atoms with Gasteiger partial charge in [-0.05, 0) is 54.8 Å². The first-order chi connectivity index (χ1) is 13.6. The molecule has 0 bridgehead atoms. The van der Waals surface area contributed by atoms with Crippen molar-refractivity contribution in [2.45, 2.75) is 6.42 Å². The molecule has 0 spiro atoms. The summed E-state index contributed by atoms with van der Waals surface area (Å²) in [5, 5.41) is 2.15. The van der Waals surface area contributed by atoms with Crippen LogP contribution in [0.5, 0.6) is 0 Å². The van der Waals surface area contributed by atoms with E-state index in [0.717, 1.165) is 53.6 Å². The molecule has 0 amide bonds. The first-order valence-corrected chi connectivity index (χ1v) is 9.55. The molecule has 0 saturated heterocycles. The Balaban J connectivity index is 1.60. The molecule has 5 heteroatoms. The first kappa shape index (κ1) is 18.5. The van der Waals surface area contributed by atoms with E-state index in [0.29, 0.717) is 5.56 Å². The Morgan fingerprint density at radius 1 is 0.929 bits per heavy atom. The fourth-order valence-corrected chi connectivity index (χ4v) is 3.51. The second kappa shape index (κ2) is 8.00. The van der Waals surface area contributed by atoms with Crippen LogP contribution in [0.1, 0.15) is 5.56 Å². The summed E-state index contributed by atoms with van der Waals surface area (Å²) in [5.41, 5.74) is 4.61. The Kier molecular flexibility index (Phi) is 5.28. The summed E-state index contributed by atoms with van der Waals surface area (Å²) in [7, 11) is 3.84. The van der Waals surface area contributed by atoms with Gasteiger partial charge in [0.15, 0.2) is 0 Å². The molecule has 0 aliphatic rings. The normalized spacial score (nSPS) is 11.7. The van der Waals surface area contributed by atoms with E-state index >= 15 is 0 Å². The number of ether oxygens (including phenoxy) is 1. The number of aromatic nitrogens is 2. The number of hydrogen-bond donors (Lipinski definition) is 2. The highest BCUT2D eigenvalue weighted by Crippen LogP contribution is 2.25. The highest BCUT2D eigenvalue weighted by Gasteiger charge is 2.09. The minimum absolute atomic E-state index is 0.0785. The fraction of sp³-hybridized carbons (Fsp3) is 0.261. The molecule has 0 atom stereocenters. The van der Waals surface area contributed by atoms with Crippen molar-refractivity contribution in [1.82, 2.24) is 14.9 Å². The van der Waals surface area contributed by atoms with Gasteiger partial charge in [0, 0.05) is 36.6 Å². The highest BCUT2D eigenvalue weighted by atomic mass is 16.5. The van der Waals surface area contributed by atoms with Crippen LogP contribution in [0, 0.1) is 0 Å². The minimum Gasteiger partial charge on any atom is -0.383 e. The molecule has 28 heavy (non-hydrogen) atoms. The van der Waals surface area contributed by atoms with Gasteiger partial charge in [-0.25, -0.2) is 0 Å². The number of H-pyrrole nitrogens is 2. The third-order valence-corrected chi connectivity index (χ3v) is 5.19. The Bertz CT molecular complexity index is 1160. The molecule has 2 aromatic heterocycles. The van der Waals surface area contributed by atoms with Crippen molar-refractivity contribution in [2.24, 2.45) is 0 Å². The second-order valence-electron chi connectivity index (χ2n) is 7.25. The van der Waals surface area contributed by atoms with Gasteiger partial charge in [-0.2, -0.15) is 0 Å². The van der Waals surface area contributed by atoms with Crippen LogP contribution in [0.4, 0.5) is 0 Å². The molecule has 0 aliphatic heterocycles. The van der Waals surface area contributed by atoms with Gasteiger partial charge >= 0.3 is 0 Å². The van der Waals surface area contributed by atoms with Crippen LogP contribution in [0.2, 0.25) is 0 Å². The Labute approximate surface area is 164 Å². The lowest BCUT2D eigenvalue weighted by molar-refractivity contribution is 0.162. The van der Waals surface area contributed by atoms with Gasteiger partial charge < -0.3 is 19.6 Å². The molecule has 144 valence electrons. The number of likely N-dealkylation sites (N-methyl/N-ethyl adjacent to an activating group) is 1. The summed E-state index contributed by atoms with van der Waals surface area (Å²) in [5.74, 6) is 0. The zero-order valence-electron chi connectivity index (χ0n) is 16.3. The molecule has 2 N–H and O–H groups in total. The van der Waals surface area contributed by atoms with E-state index in [1.54, 1.807) is 7.11 Å². The summed E-state index contributed by atoms with van der Waals surface area (Å²) in [6, 6.07) is 18.3. The molecule has 4 aromatic rings. The largest absolute Gasteiger partial charge is 0.383 e. The lowest BCUT2D eigenvalue weighted by Crippen LogP contribution is -2.25. The summed E-state index contributed by atoms with van der Waals surface area (Å²) < 4.78 is 5.13. The second-order valence-corrected chi connectivity index (χ2v) is 7.25. The number of rotatable bonds is 7. The zero-order valence-corrected chi connectivity index (χ0v) is 16.3. The molecule has 2 aromatic carbocycles. The van der Waals surface area contributed by atoms with Crippen molar-refractivity contribution in [2.75, 3.05) is 33.9 Å². The van der Waals surface area contributed by atoms with Gasteiger partial charge in [-0.3, -0.25) is 4.79 Å². The average molecular weight is 375 g/mol. The van der Waals surface area contributed by atoms with Crippen molar-refractivity contribution >= 4 is 21.8 Å². The van der Waals surface area contributed by atoms with Crippen LogP contribution < -0.4 is 5.56 Å². The predicted octanol–water partition coefficient (Wildman–Crippen LogP) is 3.80. The molecule has 0 fully saturated rings. The SMILES string of the molecule is COCCN(C)CCc1ccc2[nH]c(-c3cc4ccccc4[nH]c3=O)cc2c1. The molecular formula is C23H25N3O2. The van der Waals surface area contributed by atoms with Gasteiger partial charge in [0.2, 0.25) is 0 Å². The molecule has 5 nitrogen and oxygen atoms in total. The molecule has 0 unspecified atom stereocenters. The summed E-state index contributed by atoms with van der Waals surface area (Å²) in [4.78, 5) is 21.2. The molecule has 0 aliphatic carbocycles. The monoisotopic (exact) mass is 375 g/mol. The molecule has 0 radical (unpaired) electrons. The van der Waals surface area contributed by atoms with Crippen molar-refractivity contribution in [3.8, 4) is 11.3 Å². The predicted molar refractivity (Wildman–Crippen MR) is 115 cm³/mol. The van der Waals surface area contributed by atoms with Gasteiger partial charge in [0.05, 0.1) is 17.9 Å². The van der Waals surface area contributed by atoms with Crippen molar-refractivity contribution in [1.29, 1.82) is 0 Å². The number of fused-ring (bicyclic) bond motifs is 2. The zero-order chi connectivity index (χ0) is 19.5. The smallest absolute Gasteiger partial charge is 0.257 e. The summed E-state index contributed by atoms with van der Waals surface area (Å²) in [6.07, 6.45) is 0.979. The molecule has 2 heterocycles. The van der Waals surface area contributed by atoms with Crippen molar-refractivity contribution in [3.05, 3.63) is 70.5 Å². The number of hydrogen-bond acceptors (Lipinski definition) is 3. The minimum atomic E-state index is -0.0785. The Morgan fingerprint density at radius 2 is 1.75 bits per heavy atom. The van der Waals surface area contributed by atoms with E-state index in [9.17, 15) is 4.79 Å². The maximum Gasteiger partial charge on any atom is 0.257 e. The van der Waals surface area contributed by atoms with E-state index in [4.69, 9.17) is 4.74 Å². The van der Waals surface area contributed by atoms with E-state index in [1.807, 2.05) is 30.3 Å². The molecular weight excluding hydrogens is 350 g/mol. The summed E-state index contributed by atoms with van der Waals surface area (Å²) in [6.45, 7) is 2.66. The lowest BCUT2D eigenvalue weighted by Gasteiger charge is -2.15. The quantitative estimate of drug-likeness (QED) is 0.517. The van der Waals surface area contributed by atoms with Crippen LogP contribution in [0.3, 0.4) is 0 Å². The first-order valence-electron chi connectivity index (χ1n) is 9.55. The van der Waals surface area contributed by atoms with Gasteiger partial charge in [0.25, 0.3) is 5.56 Å². The highest BCUT2D eigenvalue weighted by molar-refractivity contribution is 5.89. The van der Waals surface area contributed by atoms with Crippen LogP contribution in [-0.2, 0) is 11.2 Å². The van der Waals surface area contributed by atoms with Gasteiger partial charge in [-0.15, -0.1) is 0 Å².